The fraction of sp³-hybridized carbons (Fsp3) is 0.238. The zero-order valence-corrected chi connectivity index (χ0v) is 16.5. The molecule has 0 aliphatic carbocycles. The predicted octanol–water partition coefficient (Wildman–Crippen LogP) is 5.61. The minimum absolute atomic E-state index is 0.168. The normalized spacial score (nSPS) is 17.5. The van der Waals surface area contributed by atoms with E-state index in [1.165, 1.54) is 12.1 Å². The summed E-state index contributed by atoms with van der Waals surface area (Å²) in [6, 6.07) is 9.98. The number of piperidine rings is 1. The molecule has 0 bridgehead atoms. The van der Waals surface area contributed by atoms with Gasteiger partial charge in [0.25, 0.3) is 5.92 Å². The molecule has 3 heterocycles. The van der Waals surface area contributed by atoms with E-state index in [9.17, 15) is 13.2 Å². The first-order chi connectivity index (χ1) is 14.4. The Labute approximate surface area is 175 Å². The first-order valence-corrected chi connectivity index (χ1v) is 9.90. The highest BCUT2D eigenvalue weighted by Gasteiger charge is 2.34. The number of fused-ring (bicyclic) bond motifs is 3. The number of H-pyrrole nitrogens is 1. The minimum Gasteiger partial charge on any atom is -0.371 e. The molecule has 30 heavy (non-hydrogen) atoms. The Bertz CT molecular complexity index is 1130. The van der Waals surface area contributed by atoms with Crippen LogP contribution >= 0.6 is 11.6 Å². The van der Waals surface area contributed by atoms with Gasteiger partial charge in [-0.1, -0.05) is 17.7 Å². The van der Waals surface area contributed by atoms with Crippen molar-refractivity contribution in [3.05, 3.63) is 59.0 Å². The maximum absolute atomic E-state index is 14.5. The number of rotatable bonds is 2. The molecule has 154 valence electrons. The molecular weight excluding hydrogens is 415 g/mol. The van der Waals surface area contributed by atoms with E-state index >= 15 is 0 Å². The van der Waals surface area contributed by atoms with Crippen molar-refractivity contribution in [2.75, 3.05) is 23.3 Å². The summed E-state index contributed by atoms with van der Waals surface area (Å²) in [4.78, 5) is 6.56. The molecule has 2 aliphatic heterocycles. The number of nitrogens with zero attached hydrogens (tertiary/aromatic N) is 3. The summed E-state index contributed by atoms with van der Waals surface area (Å²) in [5.74, 6) is -2.83. The minimum atomic E-state index is -2.61. The average Bonchev–Trinajstić information content (AvgIpc) is 3.10. The smallest absolute Gasteiger partial charge is 0.251 e. The fourth-order valence-electron chi connectivity index (χ4n) is 3.82. The second kappa shape index (κ2) is 7.05. The van der Waals surface area contributed by atoms with Gasteiger partial charge in [-0.2, -0.15) is 5.10 Å². The Hall–Kier alpha value is -3.00. The maximum Gasteiger partial charge on any atom is 0.251 e. The van der Waals surface area contributed by atoms with E-state index in [4.69, 9.17) is 11.6 Å². The highest BCUT2D eigenvalue weighted by Crippen LogP contribution is 2.41. The van der Waals surface area contributed by atoms with Gasteiger partial charge in [0.05, 0.1) is 33.9 Å². The van der Waals surface area contributed by atoms with Crippen LogP contribution in [-0.4, -0.2) is 35.0 Å². The van der Waals surface area contributed by atoms with Crippen LogP contribution in [0.25, 0.3) is 11.3 Å². The number of aliphatic imine (C=N–C) groups is 1. The quantitative estimate of drug-likeness (QED) is 0.554. The summed E-state index contributed by atoms with van der Waals surface area (Å²) in [7, 11) is 0. The lowest BCUT2D eigenvalue weighted by Crippen LogP contribution is -2.39. The molecule has 0 spiro atoms. The van der Waals surface area contributed by atoms with E-state index in [0.717, 1.165) is 11.3 Å². The largest absolute Gasteiger partial charge is 0.371 e. The second-order valence-electron chi connectivity index (χ2n) is 7.39. The van der Waals surface area contributed by atoms with Crippen LogP contribution in [0.5, 0.6) is 0 Å². The number of benzene rings is 2. The molecule has 0 radical (unpaired) electrons. The molecule has 2 N–H and O–H groups in total. The second-order valence-corrected chi connectivity index (χ2v) is 7.79. The Morgan fingerprint density at radius 1 is 1.10 bits per heavy atom. The zero-order valence-electron chi connectivity index (χ0n) is 15.7. The number of hydrogen-bond acceptors (Lipinski definition) is 4. The number of halogens is 4. The number of nitrogens with one attached hydrogen (secondary N) is 2. The molecule has 0 amide bonds. The Kier molecular flexibility index (Phi) is 4.47. The number of aromatic nitrogens is 2. The lowest BCUT2D eigenvalue weighted by Gasteiger charge is -2.33. The van der Waals surface area contributed by atoms with E-state index in [-0.39, 0.29) is 42.4 Å². The Morgan fingerprint density at radius 2 is 1.90 bits per heavy atom. The molecule has 9 heteroatoms. The van der Waals surface area contributed by atoms with Crippen molar-refractivity contribution in [1.82, 2.24) is 10.2 Å². The molecule has 1 fully saturated rings. The molecule has 1 saturated heterocycles. The van der Waals surface area contributed by atoms with Gasteiger partial charge in [-0.15, -0.1) is 0 Å². The van der Waals surface area contributed by atoms with Gasteiger partial charge < -0.3 is 10.2 Å². The van der Waals surface area contributed by atoms with Crippen LogP contribution in [0.3, 0.4) is 0 Å². The lowest BCUT2D eigenvalue weighted by atomic mass is 10.0. The van der Waals surface area contributed by atoms with Gasteiger partial charge in [-0.3, -0.25) is 5.10 Å². The molecule has 0 unspecified atom stereocenters. The van der Waals surface area contributed by atoms with E-state index in [0.29, 0.717) is 17.1 Å². The first-order valence-electron chi connectivity index (χ1n) is 9.52. The lowest BCUT2D eigenvalue weighted by molar-refractivity contribution is -0.0220. The number of hydrogen-bond donors (Lipinski definition) is 2. The number of anilines is 2. The highest BCUT2D eigenvalue weighted by molar-refractivity contribution is 6.35. The fourth-order valence-corrected chi connectivity index (χ4v) is 4.07. The molecular formula is C21H17ClF3N5. The first kappa shape index (κ1) is 19.0. The number of amidine groups is 1. The summed E-state index contributed by atoms with van der Waals surface area (Å²) in [5.41, 5.74) is 3.63. The van der Waals surface area contributed by atoms with Crippen LogP contribution in [0.15, 0.2) is 47.6 Å². The summed E-state index contributed by atoms with van der Waals surface area (Å²) in [5, 5.41) is 10.4. The predicted molar refractivity (Wildman–Crippen MR) is 112 cm³/mol. The van der Waals surface area contributed by atoms with Crippen LogP contribution in [0.2, 0.25) is 5.02 Å². The molecule has 2 aliphatic rings. The third kappa shape index (κ3) is 3.31. The van der Waals surface area contributed by atoms with Gasteiger partial charge in [-0.25, -0.2) is 18.2 Å². The van der Waals surface area contributed by atoms with Gasteiger partial charge in [-0.05, 0) is 30.3 Å². The van der Waals surface area contributed by atoms with Gasteiger partial charge in [0.1, 0.15) is 11.7 Å². The van der Waals surface area contributed by atoms with Crippen molar-refractivity contribution in [2.45, 2.75) is 18.8 Å². The molecule has 0 saturated carbocycles. The molecule has 2 aromatic carbocycles. The van der Waals surface area contributed by atoms with Crippen molar-refractivity contribution < 1.29 is 13.2 Å². The van der Waals surface area contributed by atoms with Crippen molar-refractivity contribution in [3.63, 3.8) is 0 Å². The topological polar surface area (TPSA) is 56.3 Å². The summed E-state index contributed by atoms with van der Waals surface area (Å²) < 4.78 is 41.6. The van der Waals surface area contributed by atoms with Crippen LogP contribution in [0, 0.1) is 5.82 Å². The third-order valence-corrected chi connectivity index (χ3v) is 5.75. The molecule has 5 nitrogen and oxygen atoms in total. The van der Waals surface area contributed by atoms with Crippen LogP contribution in [0.1, 0.15) is 18.4 Å². The SMILES string of the molecule is Fc1cccc(Cl)c1C1=Nc2ccc(N3CCC(F)(F)CC3)cc2-c2[nH]ncc2N1. The van der Waals surface area contributed by atoms with Crippen LogP contribution in [-0.2, 0) is 0 Å². The summed E-state index contributed by atoms with van der Waals surface area (Å²) >= 11 is 6.24. The third-order valence-electron chi connectivity index (χ3n) is 5.43. The van der Waals surface area contributed by atoms with Crippen molar-refractivity contribution in [2.24, 2.45) is 4.99 Å². The Morgan fingerprint density at radius 3 is 2.67 bits per heavy atom. The van der Waals surface area contributed by atoms with E-state index < -0.39 is 11.7 Å². The average molecular weight is 432 g/mol. The zero-order chi connectivity index (χ0) is 20.9. The summed E-state index contributed by atoms with van der Waals surface area (Å²) in [6.45, 7) is 0.554. The van der Waals surface area contributed by atoms with Gasteiger partial charge in [0.15, 0.2) is 0 Å². The van der Waals surface area contributed by atoms with E-state index in [1.807, 2.05) is 17.0 Å². The molecule has 1 aromatic heterocycles. The van der Waals surface area contributed by atoms with Crippen molar-refractivity contribution in [3.8, 4) is 11.3 Å². The van der Waals surface area contributed by atoms with E-state index in [1.54, 1.807) is 18.3 Å². The van der Waals surface area contributed by atoms with Crippen LogP contribution < -0.4 is 10.2 Å². The highest BCUT2D eigenvalue weighted by atomic mass is 35.5. The molecule has 5 rings (SSSR count). The van der Waals surface area contributed by atoms with Gasteiger partial charge in [0, 0.05) is 37.2 Å². The number of aromatic amines is 1. The van der Waals surface area contributed by atoms with Crippen molar-refractivity contribution >= 4 is 34.5 Å². The van der Waals surface area contributed by atoms with Gasteiger partial charge in [0.2, 0.25) is 0 Å². The number of alkyl halides is 2. The van der Waals surface area contributed by atoms with E-state index in [2.05, 4.69) is 20.5 Å². The monoisotopic (exact) mass is 431 g/mol. The molecule has 0 atom stereocenters. The Balaban J connectivity index is 1.59. The summed E-state index contributed by atoms with van der Waals surface area (Å²) in [6.07, 6.45) is 1.24. The van der Waals surface area contributed by atoms with Gasteiger partial charge >= 0.3 is 0 Å². The van der Waals surface area contributed by atoms with Crippen LogP contribution in [0.4, 0.5) is 30.2 Å². The maximum atomic E-state index is 14.5. The standard InChI is InChI=1S/C21H17ClF3N5/c22-14-2-1-3-15(23)18(14)20-27-16-5-4-12(30-8-6-21(24,25)7-9-30)10-13(16)19-17(28-20)11-26-29-19/h1-5,10-11H,6-9H2,(H,26,29)(H,27,28). The van der Waals surface area contributed by atoms with Crippen molar-refractivity contribution in [1.29, 1.82) is 0 Å². The molecule has 3 aromatic rings.